The molecule has 0 unspecified atom stereocenters. The number of carbonyl (C=O) groups is 1. The Morgan fingerprint density at radius 2 is 1.63 bits per heavy atom. The molecular weight excluding hydrogens is 256 g/mol. The van der Waals surface area contributed by atoms with Gasteiger partial charge in [0.15, 0.2) is 5.17 Å². The fourth-order valence-corrected chi connectivity index (χ4v) is 2.56. The Morgan fingerprint density at radius 3 is 2.26 bits per heavy atom. The number of hydrogen-bond acceptors (Lipinski definition) is 3. The van der Waals surface area contributed by atoms with Gasteiger partial charge in [0.2, 0.25) is 5.91 Å². The van der Waals surface area contributed by atoms with Crippen LogP contribution in [0.4, 0.5) is 5.69 Å². The number of hydrogen-bond donors (Lipinski definition) is 1. The monoisotopic (exact) mass is 268 g/mol. The van der Waals surface area contributed by atoms with Gasteiger partial charge in [0.05, 0.1) is 11.4 Å². The third kappa shape index (κ3) is 2.85. The summed E-state index contributed by atoms with van der Waals surface area (Å²) in [5, 5.41) is 3.40. The zero-order valence-corrected chi connectivity index (χ0v) is 11.0. The Bertz CT molecular complexity index is 620. The number of amidine groups is 1. The van der Waals surface area contributed by atoms with Crippen LogP contribution in [0.25, 0.3) is 11.1 Å². The standard InChI is InChI=1S/C15H12N2OS/c18-14-10-19-15(17-14)16-13-8-6-12(7-9-13)11-4-2-1-3-5-11/h1-9H,10H2,(H,16,17,18). The fraction of sp³-hybridized carbons (Fsp3) is 0.0667. The van der Waals surface area contributed by atoms with Crippen molar-refractivity contribution in [2.45, 2.75) is 0 Å². The SMILES string of the molecule is O=C1CSC(=Nc2ccc(-c3ccccc3)cc2)N1. The molecule has 19 heavy (non-hydrogen) atoms. The molecule has 0 atom stereocenters. The molecule has 4 heteroatoms. The number of benzene rings is 2. The third-order valence-electron chi connectivity index (χ3n) is 2.79. The number of carbonyl (C=O) groups excluding carboxylic acids is 1. The average molecular weight is 268 g/mol. The van der Waals surface area contributed by atoms with E-state index in [4.69, 9.17) is 0 Å². The summed E-state index contributed by atoms with van der Waals surface area (Å²) in [7, 11) is 0. The zero-order valence-electron chi connectivity index (χ0n) is 10.2. The van der Waals surface area contributed by atoms with E-state index in [0.717, 1.165) is 11.3 Å². The van der Waals surface area contributed by atoms with Gasteiger partial charge in [0.25, 0.3) is 0 Å². The quantitative estimate of drug-likeness (QED) is 0.908. The molecule has 0 saturated carbocycles. The minimum Gasteiger partial charge on any atom is -0.304 e. The van der Waals surface area contributed by atoms with Gasteiger partial charge in [-0.15, -0.1) is 0 Å². The van der Waals surface area contributed by atoms with Crippen LogP contribution < -0.4 is 5.32 Å². The van der Waals surface area contributed by atoms with Gasteiger partial charge in [-0.25, -0.2) is 4.99 Å². The normalized spacial score (nSPS) is 16.6. The molecule has 3 nitrogen and oxygen atoms in total. The van der Waals surface area contributed by atoms with Crippen molar-refractivity contribution in [3.63, 3.8) is 0 Å². The minimum atomic E-state index is 0.0182. The Balaban J connectivity index is 1.82. The second kappa shape index (κ2) is 5.28. The number of thioether (sulfide) groups is 1. The van der Waals surface area contributed by atoms with Crippen molar-refractivity contribution in [1.82, 2.24) is 5.32 Å². The average Bonchev–Trinajstić information content (AvgIpc) is 2.86. The lowest BCUT2D eigenvalue weighted by Crippen LogP contribution is -2.19. The van der Waals surface area contributed by atoms with Gasteiger partial charge >= 0.3 is 0 Å². The van der Waals surface area contributed by atoms with Crippen molar-refractivity contribution in [2.75, 3.05) is 5.75 Å². The molecular formula is C15H12N2OS. The summed E-state index contributed by atoms with van der Waals surface area (Å²) in [6, 6.07) is 18.2. The van der Waals surface area contributed by atoms with E-state index < -0.39 is 0 Å². The first-order valence-electron chi connectivity index (χ1n) is 5.98. The molecule has 2 aromatic carbocycles. The Labute approximate surface area is 115 Å². The summed E-state index contributed by atoms with van der Waals surface area (Å²) in [6.07, 6.45) is 0. The number of nitrogens with one attached hydrogen (secondary N) is 1. The molecule has 0 radical (unpaired) electrons. The Kier molecular flexibility index (Phi) is 3.33. The molecule has 1 saturated heterocycles. The molecule has 1 aliphatic heterocycles. The highest BCUT2D eigenvalue weighted by atomic mass is 32.2. The van der Waals surface area contributed by atoms with Crippen LogP contribution in [0.15, 0.2) is 59.6 Å². The van der Waals surface area contributed by atoms with Gasteiger partial charge in [-0.2, -0.15) is 0 Å². The summed E-state index contributed by atoms with van der Waals surface area (Å²) in [5.41, 5.74) is 3.20. The largest absolute Gasteiger partial charge is 0.304 e. The number of nitrogens with zero attached hydrogens (tertiary/aromatic N) is 1. The second-order valence-electron chi connectivity index (χ2n) is 4.17. The maximum absolute atomic E-state index is 11.1. The van der Waals surface area contributed by atoms with Crippen LogP contribution >= 0.6 is 11.8 Å². The van der Waals surface area contributed by atoms with Crippen LogP contribution in [-0.4, -0.2) is 16.8 Å². The topological polar surface area (TPSA) is 41.5 Å². The molecule has 0 aliphatic carbocycles. The lowest BCUT2D eigenvalue weighted by atomic mass is 10.1. The van der Waals surface area contributed by atoms with Crippen LogP contribution in [0.3, 0.4) is 0 Å². The molecule has 1 aliphatic rings. The second-order valence-corrected chi connectivity index (χ2v) is 5.13. The van der Waals surface area contributed by atoms with Crippen LogP contribution in [-0.2, 0) is 4.79 Å². The van der Waals surface area contributed by atoms with E-state index in [1.165, 1.54) is 17.3 Å². The van der Waals surface area contributed by atoms with Crippen molar-refractivity contribution in [1.29, 1.82) is 0 Å². The third-order valence-corrected chi connectivity index (χ3v) is 3.66. The van der Waals surface area contributed by atoms with Gasteiger partial charge in [-0.05, 0) is 23.3 Å². The highest BCUT2D eigenvalue weighted by Gasteiger charge is 2.16. The molecule has 0 spiro atoms. The maximum Gasteiger partial charge on any atom is 0.236 e. The van der Waals surface area contributed by atoms with Crippen LogP contribution in [0.5, 0.6) is 0 Å². The lowest BCUT2D eigenvalue weighted by Gasteiger charge is -2.02. The van der Waals surface area contributed by atoms with E-state index >= 15 is 0 Å². The van der Waals surface area contributed by atoms with E-state index in [-0.39, 0.29) is 5.91 Å². The van der Waals surface area contributed by atoms with Crippen molar-refractivity contribution >= 4 is 28.5 Å². The number of rotatable bonds is 2. The maximum atomic E-state index is 11.1. The summed E-state index contributed by atoms with van der Waals surface area (Å²) in [4.78, 5) is 15.5. The minimum absolute atomic E-state index is 0.0182. The number of aliphatic imine (C=N–C) groups is 1. The zero-order chi connectivity index (χ0) is 13.1. The highest BCUT2D eigenvalue weighted by molar-refractivity contribution is 8.15. The van der Waals surface area contributed by atoms with E-state index in [2.05, 4.69) is 22.4 Å². The van der Waals surface area contributed by atoms with E-state index in [1.54, 1.807) is 0 Å². The van der Waals surface area contributed by atoms with Crippen molar-refractivity contribution in [2.24, 2.45) is 4.99 Å². The van der Waals surface area contributed by atoms with Crippen molar-refractivity contribution in [3.8, 4) is 11.1 Å². The van der Waals surface area contributed by atoms with Gasteiger partial charge in [-0.1, -0.05) is 54.2 Å². The lowest BCUT2D eigenvalue weighted by molar-refractivity contribution is -0.116. The fourth-order valence-electron chi connectivity index (χ4n) is 1.86. The van der Waals surface area contributed by atoms with Gasteiger partial charge in [0, 0.05) is 0 Å². The molecule has 1 fully saturated rings. The molecule has 94 valence electrons. The molecule has 3 rings (SSSR count). The van der Waals surface area contributed by atoms with Crippen molar-refractivity contribution < 1.29 is 4.79 Å². The Morgan fingerprint density at radius 1 is 0.947 bits per heavy atom. The predicted molar refractivity (Wildman–Crippen MR) is 79.6 cm³/mol. The van der Waals surface area contributed by atoms with E-state index in [1.807, 2.05) is 42.5 Å². The van der Waals surface area contributed by atoms with Gasteiger partial charge in [0.1, 0.15) is 0 Å². The van der Waals surface area contributed by atoms with Crippen LogP contribution in [0.2, 0.25) is 0 Å². The van der Waals surface area contributed by atoms with E-state index in [0.29, 0.717) is 10.9 Å². The molecule has 1 amide bonds. The highest BCUT2D eigenvalue weighted by Crippen LogP contribution is 2.23. The predicted octanol–water partition coefficient (Wildman–Crippen LogP) is 3.20. The Hall–Kier alpha value is -2.07. The molecule has 0 bridgehead atoms. The molecule has 1 N–H and O–H groups in total. The first-order valence-corrected chi connectivity index (χ1v) is 6.97. The van der Waals surface area contributed by atoms with Crippen molar-refractivity contribution in [3.05, 3.63) is 54.6 Å². The summed E-state index contributed by atoms with van der Waals surface area (Å²) in [5.74, 6) is 0.477. The number of amides is 1. The van der Waals surface area contributed by atoms with Gasteiger partial charge in [-0.3, -0.25) is 4.79 Å². The van der Waals surface area contributed by atoms with Crippen LogP contribution in [0.1, 0.15) is 0 Å². The summed E-state index contributed by atoms with van der Waals surface area (Å²) < 4.78 is 0. The first-order chi connectivity index (χ1) is 9.31. The summed E-state index contributed by atoms with van der Waals surface area (Å²) in [6.45, 7) is 0. The smallest absolute Gasteiger partial charge is 0.236 e. The molecule has 2 aromatic rings. The first kappa shape index (κ1) is 12.0. The summed E-state index contributed by atoms with van der Waals surface area (Å²) >= 11 is 1.44. The molecule has 1 heterocycles. The van der Waals surface area contributed by atoms with Crippen LogP contribution in [0, 0.1) is 0 Å². The van der Waals surface area contributed by atoms with E-state index in [9.17, 15) is 4.79 Å². The van der Waals surface area contributed by atoms with Gasteiger partial charge < -0.3 is 5.32 Å². The molecule has 0 aromatic heterocycles.